The number of aromatic nitrogens is 1. The van der Waals surface area contributed by atoms with Gasteiger partial charge in [-0.15, -0.1) is 0 Å². The predicted molar refractivity (Wildman–Crippen MR) is 68.9 cm³/mol. The minimum atomic E-state index is -0.991. The number of nitrogens with zero attached hydrogens (tertiary/aromatic N) is 2. The zero-order valence-corrected chi connectivity index (χ0v) is 10.6. The Bertz CT molecular complexity index is 658. The number of likely N-dealkylation sites (N-methyl/N-ethyl adjacent to an activating group) is 1. The number of amides is 1. The lowest BCUT2D eigenvalue weighted by Crippen LogP contribution is -2.30. The summed E-state index contributed by atoms with van der Waals surface area (Å²) in [5.74, 6) is -2.45. The van der Waals surface area contributed by atoms with Crippen LogP contribution in [-0.2, 0) is 4.79 Å². The Balaban J connectivity index is 2.67. The second-order valence-electron chi connectivity index (χ2n) is 4.36. The number of rotatable bonds is 3. The summed E-state index contributed by atoms with van der Waals surface area (Å²) in [5.41, 5.74) is 6.20. The van der Waals surface area contributed by atoms with Gasteiger partial charge in [-0.05, 0) is 25.1 Å². The number of aryl methyl sites for hydroxylation is 1. The van der Waals surface area contributed by atoms with Crippen LogP contribution in [0.15, 0.2) is 18.2 Å². The molecule has 1 aromatic carbocycles. The molecule has 0 saturated carbocycles. The maximum atomic E-state index is 13.7. The van der Waals surface area contributed by atoms with E-state index in [0.717, 1.165) is 6.07 Å². The SMILES string of the molecule is Cc1cc(N(C)CC(N)=O)c2ccc(F)c(F)c2n1. The molecule has 2 rings (SSSR count). The van der Waals surface area contributed by atoms with Gasteiger partial charge in [0.15, 0.2) is 11.6 Å². The van der Waals surface area contributed by atoms with E-state index in [1.165, 1.54) is 6.07 Å². The smallest absolute Gasteiger partial charge is 0.236 e. The van der Waals surface area contributed by atoms with Crippen molar-refractivity contribution in [3.63, 3.8) is 0 Å². The molecular weight excluding hydrogens is 252 g/mol. The van der Waals surface area contributed by atoms with Crippen molar-refractivity contribution >= 4 is 22.5 Å². The molecule has 0 fully saturated rings. The summed E-state index contributed by atoms with van der Waals surface area (Å²) in [6.07, 6.45) is 0. The van der Waals surface area contributed by atoms with Crippen molar-refractivity contribution in [2.24, 2.45) is 5.73 Å². The Hall–Kier alpha value is -2.24. The minimum absolute atomic E-state index is 0.0163. The summed E-state index contributed by atoms with van der Waals surface area (Å²) < 4.78 is 27.0. The van der Waals surface area contributed by atoms with E-state index in [0.29, 0.717) is 16.8 Å². The van der Waals surface area contributed by atoms with Gasteiger partial charge in [0.25, 0.3) is 0 Å². The second-order valence-corrected chi connectivity index (χ2v) is 4.36. The van der Waals surface area contributed by atoms with Gasteiger partial charge in [0.1, 0.15) is 5.52 Å². The Labute approximate surface area is 108 Å². The number of halogens is 2. The first kappa shape index (κ1) is 13.2. The minimum Gasteiger partial charge on any atom is -0.368 e. The molecule has 0 spiro atoms. The summed E-state index contributed by atoms with van der Waals surface area (Å²) in [7, 11) is 1.65. The van der Waals surface area contributed by atoms with E-state index in [4.69, 9.17) is 5.73 Å². The number of hydrogen-bond acceptors (Lipinski definition) is 3. The molecule has 0 aliphatic rings. The summed E-state index contributed by atoms with van der Waals surface area (Å²) in [4.78, 5) is 16.5. The average Bonchev–Trinajstić information content (AvgIpc) is 2.32. The van der Waals surface area contributed by atoms with Gasteiger partial charge in [-0.25, -0.2) is 13.8 Å². The Kier molecular flexibility index (Phi) is 3.33. The fourth-order valence-corrected chi connectivity index (χ4v) is 1.97. The molecule has 1 heterocycles. The van der Waals surface area contributed by atoms with Gasteiger partial charge in [-0.2, -0.15) is 0 Å². The normalized spacial score (nSPS) is 10.7. The van der Waals surface area contributed by atoms with Gasteiger partial charge >= 0.3 is 0 Å². The van der Waals surface area contributed by atoms with E-state index < -0.39 is 17.5 Å². The number of hydrogen-bond donors (Lipinski definition) is 1. The average molecular weight is 265 g/mol. The molecule has 0 aliphatic carbocycles. The number of carbonyl (C=O) groups excluding carboxylic acids is 1. The molecule has 0 aliphatic heterocycles. The van der Waals surface area contributed by atoms with Crippen LogP contribution in [-0.4, -0.2) is 24.5 Å². The Morgan fingerprint density at radius 2 is 2.11 bits per heavy atom. The van der Waals surface area contributed by atoms with E-state index in [1.54, 1.807) is 24.9 Å². The van der Waals surface area contributed by atoms with Gasteiger partial charge in [0.05, 0.1) is 6.54 Å². The fourth-order valence-electron chi connectivity index (χ4n) is 1.97. The van der Waals surface area contributed by atoms with Crippen molar-refractivity contribution in [3.05, 3.63) is 35.5 Å². The summed E-state index contributed by atoms with van der Waals surface area (Å²) in [5, 5.41) is 0.438. The van der Waals surface area contributed by atoms with Crippen LogP contribution in [0.5, 0.6) is 0 Å². The molecule has 100 valence electrons. The monoisotopic (exact) mass is 265 g/mol. The van der Waals surface area contributed by atoms with Crippen molar-refractivity contribution in [3.8, 4) is 0 Å². The third kappa shape index (κ3) is 2.47. The molecule has 2 N–H and O–H groups in total. The van der Waals surface area contributed by atoms with Crippen molar-refractivity contribution in [1.82, 2.24) is 4.98 Å². The van der Waals surface area contributed by atoms with Crippen LogP contribution in [0.25, 0.3) is 10.9 Å². The first-order valence-electron chi connectivity index (χ1n) is 5.65. The molecular formula is C13H13F2N3O. The largest absolute Gasteiger partial charge is 0.368 e. The van der Waals surface area contributed by atoms with Crippen molar-refractivity contribution in [1.29, 1.82) is 0 Å². The second kappa shape index (κ2) is 4.79. The molecule has 0 bridgehead atoms. The number of pyridine rings is 1. The van der Waals surface area contributed by atoms with Crippen LogP contribution in [0, 0.1) is 18.6 Å². The van der Waals surface area contributed by atoms with Crippen molar-refractivity contribution in [2.75, 3.05) is 18.5 Å². The lowest BCUT2D eigenvalue weighted by atomic mass is 10.1. The molecule has 0 unspecified atom stereocenters. The van der Waals surface area contributed by atoms with Gasteiger partial charge in [-0.3, -0.25) is 4.79 Å². The zero-order valence-electron chi connectivity index (χ0n) is 10.6. The van der Waals surface area contributed by atoms with E-state index in [9.17, 15) is 13.6 Å². The standard InChI is InChI=1S/C13H13F2N3O/c1-7-5-10(18(2)6-11(16)19)8-3-4-9(14)12(15)13(8)17-7/h3-5H,6H2,1-2H3,(H2,16,19). The highest BCUT2D eigenvalue weighted by Crippen LogP contribution is 2.28. The van der Waals surface area contributed by atoms with E-state index in [-0.39, 0.29) is 12.1 Å². The molecule has 1 amide bonds. The lowest BCUT2D eigenvalue weighted by molar-refractivity contribution is -0.116. The topological polar surface area (TPSA) is 59.2 Å². The highest BCUT2D eigenvalue weighted by molar-refractivity contribution is 5.94. The molecule has 0 radical (unpaired) electrons. The fraction of sp³-hybridized carbons (Fsp3) is 0.231. The number of carbonyl (C=O) groups is 1. The van der Waals surface area contributed by atoms with Crippen LogP contribution in [0.1, 0.15) is 5.69 Å². The van der Waals surface area contributed by atoms with Crippen LogP contribution in [0.2, 0.25) is 0 Å². The molecule has 1 aromatic heterocycles. The third-order valence-corrected chi connectivity index (χ3v) is 2.78. The number of nitrogens with two attached hydrogens (primary N) is 1. The van der Waals surface area contributed by atoms with Gasteiger partial charge in [0, 0.05) is 23.8 Å². The van der Waals surface area contributed by atoms with E-state index in [1.807, 2.05) is 0 Å². The molecule has 2 aromatic rings. The highest BCUT2D eigenvalue weighted by atomic mass is 19.2. The quantitative estimate of drug-likeness (QED) is 0.919. The zero-order chi connectivity index (χ0) is 14.2. The number of primary amides is 1. The lowest BCUT2D eigenvalue weighted by Gasteiger charge is -2.20. The summed E-state index contributed by atoms with van der Waals surface area (Å²) >= 11 is 0. The maximum absolute atomic E-state index is 13.7. The molecule has 0 saturated heterocycles. The number of anilines is 1. The third-order valence-electron chi connectivity index (χ3n) is 2.78. The molecule has 19 heavy (non-hydrogen) atoms. The molecule has 4 nitrogen and oxygen atoms in total. The predicted octanol–water partition coefficient (Wildman–Crippen LogP) is 1.74. The highest BCUT2D eigenvalue weighted by Gasteiger charge is 2.15. The van der Waals surface area contributed by atoms with Crippen LogP contribution in [0.3, 0.4) is 0 Å². The first-order chi connectivity index (χ1) is 8.90. The van der Waals surface area contributed by atoms with Crippen molar-refractivity contribution in [2.45, 2.75) is 6.92 Å². The number of benzene rings is 1. The Morgan fingerprint density at radius 3 is 2.74 bits per heavy atom. The van der Waals surface area contributed by atoms with Crippen molar-refractivity contribution < 1.29 is 13.6 Å². The molecule has 6 heteroatoms. The maximum Gasteiger partial charge on any atom is 0.236 e. The Morgan fingerprint density at radius 1 is 1.42 bits per heavy atom. The van der Waals surface area contributed by atoms with Crippen LogP contribution >= 0.6 is 0 Å². The summed E-state index contributed by atoms with van der Waals surface area (Å²) in [6.45, 7) is 1.66. The number of fused-ring (bicyclic) bond motifs is 1. The van der Waals surface area contributed by atoms with Gasteiger partial charge in [0.2, 0.25) is 5.91 Å². The van der Waals surface area contributed by atoms with Gasteiger partial charge < -0.3 is 10.6 Å². The van der Waals surface area contributed by atoms with Crippen LogP contribution < -0.4 is 10.6 Å². The first-order valence-corrected chi connectivity index (χ1v) is 5.65. The van der Waals surface area contributed by atoms with Crippen LogP contribution in [0.4, 0.5) is 14.5 Å². The van der Waals surface area contributed by atoms with E-state index in [2.05, 4.69) is 4.98 Å². The van der Waals surface area contributed by atoms with Gasteiger partial charge in [-0.1, -0.05) is 0 Å². The van der Waals surface area contributed by atoms with E-state index >= 15 is 0 Å². The molecule has 0 atom stereocenters. The summed E-state index contributed by atoms with van der Waals surface area (Å²) in [6, 6.07) is 4.17.